The van der Waals surface area contributed by atoms with Gasteiger partial charge in [0.15, 0.2) is 11.5 Å². The summed E-state index contributed by atoms with van der Waals surface area (Å²) in [4.78, 5) is 35.2. The smallest absolute Gasteiger partial charge is 0.327 e. The van der Waals surface area contributed by atoms with E-state index in [1.165, 1.54) is 11.7 Å². The second-order valence-electron chi connectivity index (χ2n) is 6.57. The van der Waals surface area contributed by atoms with E-state index in [0.717, 1.165) is 12.8 Å². The summed E-state index contributed by atoms with van der Waals surface area (Å²) in [6.45, 7) is 7.04. The normalized spacial score (nSPS) is 12.5. The Kier molecular flexibility index (Phi) is 7.17. The highest BCUT2D eigenvalue weighted by molar-refractivity contribution is 5.81. The summed E-state index contributed by atoms with van der Waals surface area (Å²) in [6.07, 6.45) is 1.85. The Morgan fingerprint density at radius 1 is 1.37 bits per heavy atom. The number of nitrogens with zero attached hydrogens (tertiary/aromatic N) is 3. The molecule has 0 spiro atoms. The van der Waals surface area contributed by atoms with E-state index in [1.54, 1.807) is 0 Å². The summed E-state index contributed by atoms with van der Waals surface area (Å²) in [5, 5.41) is 3.12. The van der Waals surface area contributed by atoms with Crippen molar-refractivity contribution in [2.24, 2.45) is 5.92 Å². The molecule has 10 nitrogen and oxygen atoms in total. The van der Waals surface area contributed by atoms with E-state index >= 15 is 0 Å². The van der Waals surface area contributed by atoms with Crippen LogP contribution in [-0.2, 0) is 16.1 Å². The molecule has 2 rings (SSSR count). The van der Waals surface area contributed by atoms with Crippen molar-refractivity contribution >= 4 is 23.0 Å². The number of hydrogen-bond acceptors (Lipinski definition) is 8. The summed E-state index contributed by atoms with van der Waals surface area (Å²) >= 11 is 0. The number of ether oxygens (including phenoxy) is 2. The van der Waals surface area contributed by atoms with Crippen molar-refractivity contribution in [3.05, 3.63) is 10.5 Å². The minimum Gasteiger partial charge on any atom is -0.468 e. The third-order valence-corrected chi connectivity index (χ3v) is 4.18. The Hall–Kier alpha value is -2.62. The molecule has 0 aliphatic heterocycles. The Bertz CT molecular complexity index is 829. The highest BCUT2D eigenvalue weighted by Gasteiger charge is 2.22. The molecular formula is C17H28N6O4. The molecule has 0 unspecified atom stereocenters. The number of anilines is 1. The van der Waals surface area contributed by atoms with Gasteiger partial charge in [-0.15, -0.1) is 0 Å². The van der Waals surface area contributed by atoms with Crippen LogP contribution in [-0.4, -0.2) is 51.8 Å². The van der Waals surface area contributed by atoms with Gasteiger partial charge in [-0.1, -0.05) is 27.2 Å². The molecule has 2 aromatic heterocycles. The van der Waals surface area contributed by atoms with Crippen LogP contribution in [0.3, 0.4) is 0 Å². The van der Waals surface area contributed by atoms with Gasteiger partial charge in [-0.05, 0) is 12.3 Å². The van der Waals surface area contributed by atoms with Crippen LogP contribution in [0.15, 0.2) is 4.79 Å². The molecule has 2 heterocycles. The highest BCUT2D eigenvalue weighted by Crippen LogP contribution is 2.17. The lowest BCUT2D eigenvalue weighted by Gasteiger charge is -2.19. The monoisotopic (exact) mass is 380 g/mol. The fourth-order valence-electron chi connectivity index (χ4n) is 2.66. The zero-order valence-electron chi connectivity index (χ0n) is 16.2. The van der Waals surface area contributed by atoms with Gasteiger partial charge in [-0.25, -0.2) is 4.79 Å². The van der Waals surface area contributed by atoms with Crippen LogP contribution in [0.4, 0.5) is 5.82 Å². The number of H-pyrrole nitrogens is 1. The Morgan fingerprint density at radius 3 is 2.74 bits per heavy atom. The predicted octanol–water partition coefficient (Wildman–Crippen LogP) is 0.668. The molecular weight excluding hydrogens is 352 g/mol. The van der Waals surface area contributed by atoms with Gasteiger partial charge in [-0.3, -0.25) is 9.36 Å². The Morgan fingerprint density at radius 2 is 2.11 bits per heavy atom. The molecule has 1 atom stereocenters. The summed E-state index contributed by atoms with van der Waals surface area (Å²) in [5.41, 5.74) is 6.32. The van der Waals surface area contributed by atoms with E-state index in [-0.39, 0.29) is 29.4 Å². The molecule has 0 radical (unpaired) electrons. The van der Waals surface area contributed by atoms with E-state index in [1.807, 2.05) is 13.8 Å². The lowest BCUT2D eigenvalue weighted by Crippen LogP contribution is -2.43. The quantitative estimate of drug-likeness (QED) is 0.404. The number of hydrogen-bond donors (Lipinski definition) is 3. The average Bonchev–Trinajstić information content (AvgIpc) is 2.94. The summed E-state index contributed by atoms with van der Waals surface area (Å²) in [5.74, 6) is -0.131. The number of imidazole rings is 1. The number of carbonyl (C=O) groups excluding carboxylic acids is 1. The molecule has 0 saturated heterocycles. The minimum absolute atomic E-state index is 0.0497. The van der Waals surface area contributed by atoms with Crippen LogP contribution in [0.2, 0.25) is 0 Å². The van der Waals surface area contributed by atoms with Crippen LogP contribution in [0, 0.1) is 5.92 Å². The molecule has 27 heavy (non-hydrogen) atoms. The SMILES string of the molecule is CCCCOc1nc(N)c2[nH]c(=O)n(CCN[C@@H](C(=O)OC)C(C)C)c2n1. The van der Waals surface area contributed by atoms with Crippen molar-refractivity contribution in [2.45, 2.75) is 46.2 Å². The van der Waals surface area contributed by atoms with Crippen LogP contribution < -0.4 is 21.5 Å². The second kappa shape index (κ2) is 9.36. The number of nitrogen functional groups attached to an aromatic ring is 1. The zero-order valence-corrected chi connectivity index (χ0v) is 16.2. The fourth-order valence-corrected chi connectivity index (χ4v) is 2.66. The predicted molar refractivity (Wildman–Crippen MR) is 102 cm³/mol. The molecule has 0 aliphatic carbocycles. The standard InChI is InChI=1S/C17H28N6O4/c1-5-6-9-27-16-21-13(18)12-14(22-16)23(17(25)20-12)8-7-19-11(10(2)3)15(24)26-4/h10-11,19H,5-9H2,1-4H3,(H,20,25)(H2,18,21,22)/t11-/m1/s1. The van der Waals surface area contributed by atoms with Crippen LogP contribution in [0.5, 0.6) is 6.01 Å². The molecule has 0 aromatic carbocycles. The number of aromatic nitrogens is 4. The number of methoxy groups -OCH3 is 1. The van der Waals surface area contributed by atoms with Gasteiger partial charge in [0.1, 0.15) is 11.6 Å². The van der Waals surface area contributed by atoms with Crippen molar-refractivity contribution in [1.29, 1.82) is 0 Å². The number of esters is 1. The number of carbonyl (C=O) groups is 1. The number of aromatic amines is 1. The molecule has 2 aromatic rings. The zero-order chi connectivity index (χ0) is 20.0. The van der Waals surface area contributed by atoms with Crippen molar-refractivity contribution in [1.82, 2.24) is 24.8 Å². The largest absolute Gasteiger partial charge is 0.468 e. The highest BCUT2D eigenvalue weighted by atomic mass is 16.5. The summed E-state index contributed by atoms with van der Waals surface area (Å²) in [7, 11) is 1.35. The van der Waals surface area contributed by atoms with Gasteiger partial charge in [0, 0.05) is 13.1 Å². The molecule has 0 aliphatic rings. The number of nitrogens with one attached hydrogen (secondary N) is 2. The van der Waals surface area contributed by atoms with Gasteiger partial charge in [-0.2, -0.15) is 9.97 Å². The van der Waals surface area contributed by atoms with Crippen LogP contribution in [0.1, 0.15) is 33.6 Å². The van der Waals surface area contributed by atoms with Crippen molar-refractivity contribution in [3.63, 3.8) is 0 Å². The first-order valence-corrected chi connectivity index (χ1v) is 9.09. The maximum Gasteiger partial charge on any atom is 0.327 e. The van der Waals surface area contributed by atoms with Gasteiger partial charge in [0.25, 0.3) is 0 Å². The van der Waals surface area contributed by atoms with Crippen LogP contribution in [0.25, 0.3) is 11.2 Å². The van der Waals surface area contributed by atoms with Crippen molar-refractivity contribution in [2.75, 3.05) is 26.0 Å². The fraction of sp³-hybridized carbons (Fsp3) is 0.647. The first-order valence-electron chi connectivity index (χ1n) is 9.09. The van der Waals surface area contributed by atoms with E-state index in [9.17, 15) is 9.59 Å². The average molecular weight is 380 g/mol. The molecule has 0 amide bonds. The van der Waals surface area contributed by atoms with Gasteiger partial charge >= 0.3 is 17.7 Å². The lowest BCUT2D eigenvalue weighted by atomic mass is 10.1. The van der Waals surface area contributed by atoms with Crippen molar-refractivity contribution < 1.29 is 14.3 Å². The third kappa shape index (κ3) is 4.97. The lowest BCUT2D eigenvalue weighted by molar-refractivity contribution is -0.144. The maximum absolute atomic E-state index is 12.3. The Labute approximate surface area is 157 Å². The van der Waals surface area contributed by atoms with E-state index in [2.05, 4.69) is 27.2 Å². The van der Waals surface area contributed by atoms with Gasteiger partial charge < -0.3 is 25.5 Å². The topological polar surface area (TPSA) is 137 Å². The number of fused-ring (bicyclic) bond motifs is 1. The van der Waals surface area contributed by atoms with E-state index < -0.39 is 6.04 Å². The van der Waals surface area contributed by atoms with Crippen LogP contribution >= 0.6 is 0 Å². The Balaban J connectivity index is 2.18. The molecule has 0 saturated carbocycles. The molecule has 10 heteroatoms. The first kappa shape index (κ1) is 20.7. The number of unbranched alkanes of at least 4 members (excludes halogenated alkanes) is 1. The number of nitrogens with two attached hydrogens (primary N) is 1. The van der Waals surface area contributed by atoms with E-state index in [4.69, 9.17) is 15.2 Å². The summed E-state index contributed by atoms with van der Waals surface area (Å²) in [6, 6.07) is -0.313. The van der Waals surface area contributed by atoms with E-state index in [0.29, 0.717) is 30.9 Å². The second-order valence-corrected chi connectivity index (χ2v) is 6.57. The molecule has 0 bridgehead atoms. The molecule has 4 N–H and O–H groups in total. The summed E-state index contributed by atoms with van der Waals surface area (Å²) < 4.78 is 11.8. The first-order chi connectivity index (χ1) is 12.9. The third-order valence-electron chi connectivity index (χ3n) is 4.18. The molecule has 0 fully saturated rings. The maximum atomic E-state index is 12.3. The minimum atomic E-state index is -0.455. The number of rotatable bonds is 10. The molecule has 150 valence electrons. The van der Waals surface area contributed by atoms with Gasteiger partial charge in [0.2, 0.25) is 0 Å². The van der Waals surface area contributed by atoms with Crippen molar-refractivity contribution in [3.8, 4) is 6.01 Å². The van der Waals surface area contributed by atoms with Gasteiger partial charge in [0.05, 0.1) is 13.7 Å².